The van der Waals surface area contributed by atoms with Gasteiger partial charge in [-0.25, -0.2) is 4.99 Å². The fourth-order valence-corrected chi connectivity index (χ4v) is 1.90. The van der Waals surface area contributed by atoms with Crippen LogP contribution in [0.5, 0.6) is 0 Å². The van der Waals surface area contributed by atoms with E-state index in [1.54, 1.807) is 20.2 Å². The number of rotatable bonds is 7. The number of hydrogen-bond acceptors (Lipinski definition) is 3. The van der Waals surface area contributed by atoms with Crippen molar-refractivity contribution in [2.75, 3.05) is 33.7 Å². The van der Waals surface area contributed by atoms with Gasteiger partial charge < -0.3 is 20.9 Å². The quantitative estimate of drug-likeness (QED) is 0.324. The number of halogens is 1. The van der Waals surface area contributed by atoms with Gasteiger partial charge in [-0.2, -0.15) is 0 Å². The van der Waals surface area contributed by atoms with Crippen molar-refractivity contribution >= 4 is 41.8 Å². The molecule has 1 aromatic carbocycles. The molecule has 0 bridgehead atoms. The molecule has 25 heavy (non-hydrogen) atoms. The number of hydrogen-bond donors (Lipinski definition) is 3. The molecule has 0 aliphatic carbocycles. The van der Waals surface area contributed by atoms with Crippen molar-refractivity contribution in [2.24, 2.45) is 4.99 Å². The van der Waals surface area contributed by atoms with E-state index in [9.17, 15) is 9.59 Å². The molecule has 7 nitrogen and oxygen atoms in total. The van der Waals surface area contributed by atoms with E-state index >= 15 is 0 Å². The van der Waals surface area contributed by atoms with Crippen molar-refractivity contribution in [3.05, 3.63) is 35.4 Å². The molecule has 0 fully saturated rings. The fourth-order valence-electron chi connectivity index (χ4n) is 1.90. The van der Waals surface area contributed by atoms with E-state index in [4.69, 9.17) is 0 Å². The smallest absolute Gasteiger partial charge is 0.251 e. The van der Waals surface area contributed by atoms with Crippen LogP contribution in [-0.4, -0.2) is 56.4 Å². The minimum absolute atomic E-state index is 0. The van der Waals surface area contributed by atoms with Crippen molar-refractivity contribution < 1.29 is 9.59 Å². The van der Waals surface area contributed by atoms with E-state index in [0.29, 0.717) is 31.2 Å². The summed E-state index contributed by atoms with van der Waals surface area (Å²) in [4.78, 5) is 29.5. The SMILES string of the molecule is CCNC(=O)c1cccc(CN=C(NCC)NCC(=O)N(C)C)c1.I. The van der Waals surface area contributed by atoms with Gasteiger partial charge in [0, 0.05) is 32.7 Å². The highest BCUT2D eigenvalue weighted by Gasteiger charge is 2.06. The van der Waals surface area contributed by atoms with Gasteiger partial charge in [-0.1, -0.05) is 12.1 Å². The first-order valence-electron chi connectivity index (χ1n) is 8.07. The second-order valence-electron chi connectivity index (χ2n) is 5.40. The number of likely N-dealkylation sites (N-methyl/N-ethyl adjacent to an activating group) is 1. The normalized spacial score (nSPS) is 10.5. The van der Waals surface area contributed by atoms with Crippen LogP contribution in [0.4, 0.5) is 0 Å². The molecule has 0 saturated carbocycles. The second-order valence-corrected chi connectivity index (χ2v) is 5.40. The third-order valence-electron chi connectivity index (χ3n) is 3.20. The number of nitrogens with one attached hydrogen (secondary N) is 3. The zero-order chi connectivity index (χ0) is 17.9. The predicted molar refractivity (Wildman–Crippen MR) is 111 cm³/mol. The monoisotopic (exact) mass is 461 g/mol. The van der Waals surface area contributed by atoms with Crippen molar-refractivity contribution in [3.8, 4) is 0 Å². The molecule has 0 aliphatic rings. The molecule has 0 radical (unpaired) electrons. The minimum Gasteiger partial charge on any atom is -0.357 e. The van der Waals surface area contributed by atoms with E-state index in [0.717, 1.165) is 5.56 Å². The fraction of sp³-hybridized carbons (Fsp3) is 0.471. The second kappa shape index (κ2) is 12.5. The van der Waals surface area contributed by atoms with E-state index in [2.05, 4.69) is 20.9 Å². The maximum absolute atomic E-state index is 11.9. The molecule has 140 valence electrons. The number of amides is 2. The molecule has 1 aromatic rings. The Morgan fingerprint density at radius 2 is 1.76 bits per heavy atom. The van der Waals surface area contributed by atoms with Crippen LogP contribution in [0.3, 0.4) is 0 Å². The summed E-state index contributed by atoms with van der Waals surface area (Å²) < 4.78 is 0. The predicted octanol–water partition coefficient (Wildman–Crippen LogP) is 1.20. The van der Waals surface area contributed by atoms with Crippen molar-refractivity contribution in [1.82, 2.24) is 20.9 Å². The van der Waals surface area contributed by atoms with Gasteiger partial charge in [-0.3, -0.25) is 9.59 Å². The molecule has 0 unspecified atom stereocenters. The molecular formula is C17H28IN5O2. The van der Waals surface area contributed by atoms with E-state index < -0.39 is 0 Å². The van der Waals surface area contributed by atoms with E-state index in [1.807, 2.05) is 32.0 Å². The molecule has 1 rings (SSSR count). The number of guanidine groups is 1. The summed E-state index contributed by atoms with van der Waals surface area (Å²) in [7, 11) is 3.42. The van der Waals surface area contributed by atoms with Gasteiger partial charge in [0.05, 0.1) is 13.1 Å². The molecule has 0 aromatic heterocycles. The lowest BCUT2D eigenvalue weighted by molar-refractivity contribution is -0.127. The third-order valence-corrected chi connectivity index (χ3v) is 3.20. The molecular weight excluding hydrogens is 433 g/mol. The summed E-state index contributed by atoms with van der Waals surface area (Å²) in [5.41, 5.74) is 1.54. The maximum Gasteiger partial charge on any atom is 0.251 e. The van der Waals surface area contributed by atoms with Crippen LogP contribution in [-0.2, 0) is 11.3 Å². The number of carbonyl (C=O) groups excluding carboxylic acids is 2. The van der Waals surface area contributed by atoms with Crippen LogP contribution in [0, 0.1) is 0 Å². The summed E-state index contributed by atoms with van der Waals surface area (Å²) in [6.45, 7) is 5.73. The first-order valence-corrected chi connectivity index (χ1v) is 8.07. The molecule has 0 heterocycles. The number of carbonyl (C=O) groups is 2. The lowest BCUT2D eigenvalue weighted by Crippen LogP contribution is -2.42. The molecule has 0 saturated heterocycles. The Balaban J connectivity index is 0.00000576. The lowest BCUT2D eigenvalue weighted by atomic mass is 10.1. The number of benzene rings is 1. The van der Waals surface area contributed by atoms with Crippen LogP contribution in [0.25, 0.3) is 0 Å². The Bertz CT molecular complexity index is 590. The van der Waals surface area contributed by atoms with E-state index in [-0.39, 0.29) is 42.3 Å². The molecule has 0 atom stereocenters. The molecule has 0 spiro atoms. The Kier molecular flexibility index (Phi) is 11.6. The van der Waals surface area contributed by atoms with Gasteiger partial charge in [0.2, 0.25) is 5.91 Å². The highest BCUT2D eigenvalue weighted by molar-refractivity contribution is 14.0. The Hall–Kier alpha value is -1.84. The summed E-state index contributed by atoms with van der Waals surface area (Å²) in [5, 5.41) is 8.87. The molecule has 8 heteroatoms. The number of aliphatic imine (C=N–C) groups is 1. The van der Waals surface area contributed by atoms with Crippen LogP contribution >= 0.6 is 24.0 Å². The average molecular weight is 461 g/mol. The van der Waals surface area contributed by atoms with Gasteiger partial charge in [0.1, 0.15) is 0 Å². The van der Waals surface area contributed by atoms with Gasteiger partial charge in [0.25, 0.3) is 5.91 Å². The van der Waals surface area contributed by atoms with Crippen LogP contribution in [0.1, 0.15) is 29.8 Å². The molecule has 3 N–H and O–H groups in total. The highest BCUT2D eigenvalue weighted by atomic mass is 127. The van der Waals surface area contributed by atoms with Crippen LogP contribution < -0.4 is 16.0 Å². The zero-order valence-corrected chi connectivity index (χ0v) is 17.6. The first kappa shape index (κ1) is 23.2. The largest absolute Gasteiger partial charge is 0.357 e. The maximum atomic E-state index is 11.9. The molecule has 0 aliphatic heterocycles. The number of nitrogens with zero attached hydrogens (tertiary/aromatic N) is 2. The van der Waals surface area contributed by atoms with Crippen molar-refractivity contribution in [2.45, 2.75) is 20.4 Å². The standard InChI is InChI=1S/C17H27N5O2.HI/c1-5-18-16(24)14-9-7-8-13(10-14)11-20-17(19-6-2)21-12-15(23)22(3)4;/h7-10H,5-6,11-12H2,1-4H3,(H,18,24)(H2,19,20,21);1H. The summed E-state index contributed by atoms with van der Waals surface area (Å²) >= 11 is 0. The van der Waals surface area contributed by atoms with Gasteiger partial charge in [-0.15, -0.1) is 24.0 Å². The summed E-state index contributed by atoms with van der Waals surface area (Å²) in [6.07, 6.45) is 0. The Morgan fingerprint density at radius 1 is 1.08 bits per heavy atom. The minimum atomic E-state index is -0.0926. The summed E-state index contributed by atoms with van der Waals surface area (Å²) in [6, 6.07) is 7.35. The van der Waals surface area contributed by atoms with E-state index in [1.165, 1.54) is 4.90 Å². The third kappa shape index (κ3) is 8.71. The van der Waals surface area contributed by atoms with Crippen LogP contribution in [0.2, 0.25) is 0 Å². The molecule has 2 amide bonds. The van der Waals surface area contributed by atoms with Gasteiger partial charge in [0.15, 0.2) is 5.96 Å². The van der Waals surface area contributed by atoms with Crippen molar-refractivity contribution in [1.29, 1.82) is 0 Å². The summed E-state index contributed by atoms with van der Waals surface area (Å²) in [5.74, 6) is 0.444. The van der Waals surface area contributed by atoms with Crippen LogP contribution in [0.15, 0.2) is 29.3 Å². The topological polar surface area (TPSA) is 85.8 Å². The zero-order valence-electron chi connectivity index (χ0n) is 15.3. The Labute approximate surface area is 166 Å². The first-order chi connectivity index (χ1) is 11.5. The average Bonchev–Trinajstić information content (AvgIpc) is 2.57. The van der Waals surface area contributed by atoms with Crippen molar-refractivity contribution in [3.63, 3.8) is 0 Å². The van der Waals surface area contributed by atoms with Gasteiger partial charge in [-0.05, 0) is 31.5 Å². The van der Waals surface area contributed by atoms with Gasteiger partial charge >= 0.3 is 0 Å². The lowest BCUT2D eigenvalue weighted by Gasteiger charge is -2.14. The Morgan fingerprint density at radius 3 is 2.36 bits per heavy atom. The highest BCUT2D eigenvalue weighted by Crippen LogP contribution is 2.06.